The van der Waals surface area contributed by atoms with Gasteiger partial charge in [-0.1, -0.05) is 19.1 Å². The normalized spacial score (nSPS) is 16.4. The Kier molecular flexibility index (Phi) is 6.32. The summed E-state index contributed by atoms with van der Waals surface area (Å²) >= 11 is 0. The molecule has 29 heavy (non-hydrogen) atoms. The van der Waals surface area contributed by atoms with Gasteiger partial charge in [0.05, 0.1) is 11.6 Å². The molecule has 0 spiro atoms. The van der Waals surface area contributed by atoms with E-state index in [0.29, 0.717) is 0 Å². The quantitative estimate of drug-likeness (QED) is 0.738. The maximum absolute atomic E-state index is 12.8. The van der Waals surface area contributed by atoms with Gasteiger partial charge in [0.2, 0.25) is 0 Å². The lowest BCUT2D eigenvalue weighted by Gasteiger charge is -2.28. The Morgan fingerprint density at radius 2 is 1.69 bits per heavy atom. The summed E-state index contributed by atoms with van der Waals surface area (Å²) in [7, 11) is 0. The number of Topliss-reactive ketones (excluding diaryl/α,β-unsaturated/α-hetero) is 1. The van der Waals surface area contributed by atoms with E-state index in [1.54, 1.807) is 24.2 Å². The number of pyridine rings is 1. The van der Waals surface area contributed by atoms with Crippen molar-refractivity contribution in [3.63, 3.8) is 0 Å². The highest BCUT2D eigenvalue weighted by molar-refractivity contribution is 6.08. The number of aromatic nitrogens is 1. The van der Waals surface area contributed by atoms with Crippen molar-refractivity contribution in [3.8, 4) is 0 Å². The molecule has 1 aliphatic rings. The number of amides is 1. The molecule has 6 heteroatoms. The zero-order chi connectivity index (χ0) is 21.0. The van der Waals surface area contributed by atoms with Crippen molar-refractivity contribution in [2.45, 2.75) is 39.8 Å². The Balaban J connectivity index is 2.01. The van der Waals surface area contributed by atoms with E-state index in [0.717, 1.165) is 29.9 Å². The SMILES string of the molecule is CCC(=O)C1=C(O)C(=O)N(Cc2ccncc2)C1c1ccc(N(CC)CC)cc1. The number of rotatable bonds is 8. The van der Waals surface area contributed by atoms with E-state index in [4.69, 9.17) is 0 Å². The van der Waals surface area contributed by atoms with Gasteiger partial charge in [0.25, 0.3) is 5.91 Å². The van der Waals surface area contributed by atoms with Crippen LogP contribution in [0.5, 0.6) is 0 Å². The second-order valence-corrected chi connectivity index (χ2v) is 6.99. The number of aliphatic hydroxyl groups is 1. The van der Waals surface area contributed by atoms with Crippen LogP contribution in [0.3, 0.4) is 0 Å². The van der Waals surface area contributed by atoms with Crippen LogP contribution in [0, 0.1) is 0 Å². The van der Waals surface area contributed by atoms with Gasteiger partial charge in [-0.15, -0.1) is 0 Å². The number of benzene rings is 1. The Morgan fingerprint density at radius 1 is 1.07 bits per heavy atom. The lowest BCUT2D eigenvalue weighted by molar-refractivity contribution is -0.130. The summed E-state index contributed by atoms with van der Waals surface area (Å²) in [6.07, 6.45) is 3.55. The fraction of sp³-hybridized carbons (Fsp3) is 0.348. The maximum Gasteiger partial charge on any atom is 0.290 e. The van der Waals surface area contributed by atoms with Crippen molar-refractivity contribution >= 4 is 17.4 Å². The largest absolute Gasteiger partial charge is 0.503 e. The van der Waals surface area contributed by atoms with Crippen LogP contribution in [0.25, 0.3) is 0 Å². The predicted octanol–water partition coefficient (Wildman–Crippen LogP) is 3.80. The molecule has 2 heterocycles. The molecular weight excluding hydrogens is 366 g/mol. The van der Waals surface area contributed by atoms with Crippen molar-refractivity contribution in [2.24, 2.45) is 0 Å². The van der Waals surface area contributed by atoms with Crippen LogP contribution >= 0.6 is 0 Å². The molecule has 0 fully saturated rings. The first-order valence-corrected chi connectivity index (χ1v) is 10.0. The molecule has 0 saturated carbocycles. The second-order valence-electron chi connectivity index (χ2n) is 6.99. The molecule has 0 radical (unpaired) electrons. The molecule has 1 aromatic carbocycles. The number of hydrogen-bond donors (Lipinski definition) is 1. The minimum atomic E-state index is -0.603. The highest BCUT2D eigenvalue weighted by atomic mass is 16.3. The van der Waals surface area contributed by atoms with Gasteiger partial charge in [-0.25, -0.2) is 0 Å². The van der Waals surface area contributed by atoms with Crippen molar-refractivity contribution in [1.82, 2.24) is 9.88 Å². The molecule has 3 rings (SSSR count). The van der Waals surface area contributed by atoms with E-state index in [-0.39, 0.29) is 24.3 Å². The molecule has 1 aromatic heterocycles. The summed E-state index contributed by atoms with van der Waals surface area (Å²) in [6.45, 7) is 8.01. The molecule has 2 aromatic rings. The maximum atomic E-state index is 12.8. The molecule has 0 saturated heterocycles. The number of carbonyl (C=O) groups is 2. The molecule has 1 amide bonds. The lowest BCUT2D eigenvalue weighted by atomic mass is 9.94. The Bertz CT molecular complexity index is 903. The number of ketones is 1. The number of carbonyl (C=O) groups excluding carboxylic acids is 2. The third-order valence-electron chi connectivity index (χ3n) is 5.36. The predicted molar refractivity (Wildman–Crippen MR) is 112 cm³/mol. The first-order chi connectivity index (χ1) is 14.0. The lowest BCUT2D eigenvalue weighted by Crippen LogP contribution is -2.30. The van der Waals surface area contributed by atoms with Crippen LogP contribution in [0.15, 0.2) is 60.1 Å². The topological polar surface area (TPSA) is 73.7 Å². The van der Waals surface area contributed by atoms with Gasteiger partial charge < -0.3 is 14.9 Å². The van der Waals surface area contributed by atoms with Crippen LogP contribution in [-0.4, -0.2) is 39.8 Å². The molecule has 152 valence electrons. The number of hydrogen-bond acceptors (Lipinski definition) is 5. The van der Waals surface area contributed by atoms with E-state index >= 15 is 0 Å². The molecule has 0 aliphatic carbocycles. The highest BCUT2D eigenvalue weighted by Gasteiger charge is 2.42. The van der Waals surface area contributed by atoms with Crippen LogP contribution in [0.1, 0.15) is 44.4 Å². The van der Waals surface area contributed by atoms with Crippen LogP contribution in [0.4, 0.5) is 5.69 Å². The summed E-state index contributed by atoms with van der Waals surface area (Å²) in [5.41, 5.74) is 2.96. The van der Waals surface area contributed by atoms with Crippen molar-refractivity contribution in [1.29, 1.82) is 0 Å². The second kappa shape index (κ2) is 8.90. The Hall–Kier alpha value is -3.15. The monoisotopic (exact) mass is 393 g/mol. The van der Waals surface area contributed by atoms with E-state index < -0.39 is 17.7 Å². The van der Waals surface area contributed by atoms with Gasteiger partial charge in [-0.05, 0) is 49.2 Å². The smallest absolute Gasteiger partial charge is 0.290 e. The van der Waals surface area contributed by atoms with Gasteiger partial charge in [0, 0.05) is 44.1 Å². The third-order valence-corrected chi connectivity index (χ3v) is 5.36. The first-order valence-electron chi connectivity index (χ1n) is 10.0. The van der Waals surface area contributed by atoms with Gasteiger partial charge in [-0.2, -0.15) is 0 Å². The molecule has 1 N–H and O–H groups in total. The summed E-state index contributed by atoms with van der Waals surface area (Å²) in [5, 5.41) is 10.5. The zero-order valence-electron chi connectivity index (χ0n) is 17.1. The van der Waals surface area contributed by atoms with Gasteiger partial charge in [0.15, 0.2) is 11.5 Å². The summed E-state index contributed by atoms with van der Waals surface area (Å²) in [5.74, 6) is -1.17. The highest BCUT2D eigenvalue weighted by Crippen LogP contribution is 2.39. The van der Waals surface area contributed by atoms with E-state index in [9.17, 15) is 14.7 Å². The number of anilines is 1. The van der Waals surface area contributed by atoms with Crippen molar-refractivity contribution < 1.29 is 14.7 Å². The van der Waals surface area contributed by atoms with Gasteiger partial charge >= 0.3 is 0 Å². The molecule has 0 bridgehead atoms. The standard InChI is InChI=1S/C23H27N3O3/c1-4-19(27)20-21(17-7-9-18(10-8-17)25(5-2)6-3)26(23(29)22(20)28)15-16-11-13-24-14-12-16/h7-14,21,28H,4-6,15H2,1-3H3. The average molecular weight is 393 g/mol. The van der Waals surface area contributed by atoms with Crippen molar-refractivity contribution in [2.75, 3.05) is 18.0 Å². The fourth-order valence-corrected chi connectivity index (χ4v) is 3.78. The van der Waals surface area contributed by atoms with Gasteiger partial charge in [0.1, 0.15) is 0 Å². The number of aliphatic hydroxyl groups excluding tert-OH is 1. The van der Waals surface area contributed by atoms with Crippen molar-refractivity contribution in [3.05, 3.63) is 71.3 Å². The summed E-state index contributed by atoms with van der Waals surface area (Å²) in [4.78, 5) is 33.2. The summed E-state index contributed by atoms with van der Waals surface area (Å²) < 4.78 is 0. The fourth-order valence-electron chi connectivity index (χ4n) is 3.78. The third kappa shape index (κ3) is 4.01. The van der Waals surface area contributed by atoms with Crippen LogP contribution in [-0.2, 0) is 16.1 Å². The minimum Gasteiger partial charge on any atom is -0.503 e. The van der Waals surface area contributed by atoms with E-state index in [2.05, 4.69) is 23.7 Å². The number of nitrogens with zero attached hydrogens (tertiary/aromatic N) is 3. The average Bonchev–Trinajstić information content (AvgIpc) is 3.00. The van der Waals surface area contributed by atoms with Gasteiger partial charge in [-0.3, -0.25) is 14.6 Å². The first kappa shape index (κ1) is 20.6. The Morgan fingerprint density at radius 3 is 2.24 bits per heavy atom. The summed E-state index contributed by atoms with van der Waals surface area (Å²) in [6, 6.07) is 10.9. The van der Waals surface area contributed by atoms with E-state index in [1.165, 1.54) is 0 Å². The molecule has 1 atom stereocenters. The van der Waals surface area contributed by atoms with Crippen LogP contribution in [0.2, 0.25) is 0 Å². The Labute approximate surface area is 171 Å². The van der Waals surface area contributed by atoms with E-state index in [1.807, 2.05) is 36.4 Å². The zero-order valence-corrected chi connectivity index (χ0v) is 17.1. The molecule has 1 unspecified atom stereocenters. The molecular formula is C23H27N3O3. The molecule has 6 nitrogen and oxygen atoms in total. The minimum absolute atomic E-state index is 0.183. The van der Waals surface area contributed by atoms with Crippen LogP contribution < -0.4 is 4.90 Å². The molecule has 1 aliphatic heterocycles.